The molecule has 18 heavy (non-hydrogen) atoms. The molecular formula is C16H23NO. The van der Waals surface area contributed by atoms with Crippen LogP contribution in [0.5, 0.6) is 0 Å². The minimum absolute atomic E-state index is 0.502. The zero-order chi connectivity index (χ0) is 12.9. The first-order valence-corrected chi connectivity index (χ1v) is 7.06. The Labute approximate surface area is 110 Å². The summed E-state index contributed by atoms with van der Waals surface area (Å²) in [5.41, 5.74) is 3.03. The van der Waals surface area contributed by atoms with E-state index >= 15 is 0 Å². The average molecular weight is 245 g/mol. The van der Waals surface area contributed by atoms with Gasteiger partial charge in [0.2, 0.25) is 0 Å². The van der Waals surface area contributed by atoms with Crippen LogP contribution in [0.25, 0.3) is 0 Å². The Balaban J connectivity index is 1.93. The van der Waals surface area contributed by atoms with Crippen LogP contribution in [0.2, 0.25) is 0 Å². The third-order valence-electron chi connectivity index (χ3n) is 4.77. The lowest BCUT2D eigenvalue weighted by molar-refractivity contribution is 0.0445. The van der Waals surface area contributed by atoms with Crippen LogP contribution >= 0.6 is 0 Å². The number of nitrogens with zero attached hydrogens (tertiary/aromatic N) is 1. The first-order valence-electron chi connectivity index (χ1n) is 7.06. The molecule has 1 aromatic carbocycles. The largest absolute Gasteiger partial charge is 0.384 e. The van der Waals surface area contributed by atoms with Gasteiger partial charge in [-0.15, -0.1) is 0 Å². The van der Waals surface area contributed by atoms with Gasteiger partial charge in [-0.1, -0.05) is 18.2 Å². The van der Waals surface area contributed by atoms with E-state index in [0.717, 1.165) is 24.6 Å². The van der Waals surface area contributed by atoms with Crippen molar-refractivity contribution in [2.45, 2.75) is 57.7 Å². The van der Waals surface area contributed by atoms with Crippen LogP contribution in [-0.2, 0) is 5.60 Å². The van der Waals surface area contributed by atoms with Gasteiger partial charge in [0.25, 0.3) is 0 Å². The highest BCUT2D eigenvalue weighted by Gasteiger charge is 2.47. The van der Waals surface area contributed by atoms with Crippen LogP contribution in [0, 0.1) is 13.8 Å². The lowest BCUT2D eigenvalue weighted by atomic mass is 9.86. The SMILES string of the molecule is Cc1cccc(C2(O)CC(C)N(C3CC3)C2)c1C. The molecule has 0 bridgehead atoms. The minimum Gasteiger partial charge on any atom is -0.384 e. The van der Waals surface area contributed by atoms with E-state index in [9.17, 15) is 5.11 Å². The Bertz CT molecular complexity index is 466. The maximum absolute atomic E-state index is 11.0. The molecule has 1 saturated heterocycles. The van der Waals surface area contributed by atoms with Gasteiger partial charge in [-0.3, -0.25) is 4.90 Å². The highest BCUT2D eigenvalue weighted by molar-refractivity contribution is 5.38. The molecule has 0 amide bonds. The van der Waals surface area contributed by atoms with Crippen molar-refractivity contribution in [1.29, 1.82) is 0 Å². The molecule has 1 heterocycles. The third-order valence-corrected chi connectivity index (χ3v) is 4.77. The monoisotopic (exact) mass is 245 g/mol. The normalized spacial score (nSPS) is 33.0. The fourth-order valence-corrected chi connectivity index (χ4v) is 3.47. The molecule has 2 aliphatic rings. The summed E-state index contributed by atoms with van der Waals surface area (Å²) in [4.78, 5) is 2.50. The molecule has 1 N–H and O–H groups in total. The number of β-amino-alcohol motifs (C(OH)–C–C–N with tert-alkyl or cyclic N) is 1. The summed E-state index contributed by atoms with van der Waals surface area (Å²) in [5, 5.41) is 11.0. The van der Waals surface area contributed by atoms with Gasteiger partial charge in [0.15, 0.2) is 0 Å². The second-order valence-electron chi connectivity index (χ2n) is 6.24. The average Bonchev–Trinajstić information content (AvgIpc) is 3.09. The van der Waals surface area contributed by atoms with E-state index in [-0.39, 0.29) is 0 Å². The number of hydrogen-bond donors (Lipinski definition) is 1. The lowest BCUT2D eigenvalue weighted by Gasteiger charge is -2.26. The maximum Gasteiger partial charge on any atom is 0.104 e. The zero-order valence-electron chi connectivity index (χ0n) is 11.6. The second-order valence-corrected chi connectivity index (χ2v) is 6.24. The van der Waals surface area contributed by atoms with Gasteiger partial charge < -0.3 is 5.11 Å². The van der Waals surface area contributed by atoms with Crippen molar-refractivity contribution in [1.82, 2.24) is 4.90 Å². The number of hydrogen-bond acceptors (Lipinski definition) is 2. The fraction of sp³-hybridized carbons (Fsp3) is 0.625. The summed E-state index contributed by atoms with van der Waals surface area (Å²) < 4.78 is 0. The molecule has 98 valence electrons. The molecular weight excluding hydrogens is 222 g/mol. The molecule has 0 radical (unpaired) electrons. The van der Waals surface area contributed by atoms with Crippen molar-refractivity contribution in [3.63, 3.8) is 0 Å². The van der Waals surface area contributed by atoms with E-state index in [1.807, 2.05) is 0 Å². The lowest BCUT2D eigenvalue weighted by Crippen LogP contribution is -2.33. The summed E-state index contributed by atoms with van der Waals surface area (Å²) >= 11 is 0. The van der Waals surface area contributed by atoms with Crippen molar-refractivity contribution in [3.8, 4) is 0 Å². The van der Waals surface area contributed by atoms with Crippen LogP contribution in [0.4, 0.5) is 0 Å². The Morgan fingerprint density at radius 2 is 2.00 bits per heavy atom. The Kier molecular flexibility index (Phi) is 2.76. The van der Waals surface area contributed by atoms with Crippen LogP contribution in [0.1, 0.15) is 42.9 Å². The number of benzene rings is 1. The smallest absolute Gasteiger partial charge is 0.104 e. The van der Waals surface area contributed by atoms with Gasteiger partial charge in [0.05, 0.1) is 0 Å². The van der Waals surface area contributed by atoms with Crippen LogP contribution in [0.15, 0.2) is 18.2 Å². The number of aryl methyl sites for hydroxylation is 1. The highest BCUT2D eigenvalue weighted by atomic mass is 16.3. The van der Waals surface area contributed by atoms with Gasteiger partial charge >= 0.3 is 0 Å². The second kappa shape index (κ2) is 4.07. The molecule has 2 unspecified atom stereocenters. The van der Waals surface area contributed by atoms with Crippen molar-refractivity contribution in [3.05, 3.63) is 34.9 Å². The van der Waals surface area contributed by atoms with E-state index < -0.39 is 5.60 Å². The quantitative estimate of drug-likeness (QED) is 0.866. The summed E-state index contributed by atoms with van der Waals surface area (Å²) in [6.45, 7) is 7.32. The number of likely N-dealkylation sites (tertiary alicyclic amines) is 1. The summed E-state index contributed by atoms with van der Waals surface area (Å²) in [5.74, 6) is 0. The standard InChI is InChI=1S/C16H23NO/c1-11-5-4-6-15(13(11)3)16(18)9-12(2)17(10-16)14-7-8-14/h4-6,12,14,18H,7-10H2,1-3H3. The Hall–Kier alpha value is -0.860. The zero-order valence-corrected chi connectivity index (χ0v) is 11.6. The van der Waals surface area contributed by atoms with Gasteiger partial charge in [0.1, 0.15) is 5.60 Å². The third kappa shape index (κ3) is 1.88. The Morgan fingerprint density at radius 3 is 2.67 bits per heavy atom. The molecule has 2 heteroatoms. The molecule has 1 saturated carbocycles. The Morgan fingerprint density at radius 1 is 1.28 bits per heavy atom. The topological polar surface area (TPSA) is 23.5 Å². The van der Waals surface area contributed by atoms with Crippen molar-refractivity contribution in [2.75, 3.05) is 6.54 Å². The molecule has 0 aromatic heterocycles. The van der Waals surface area contributed by atoms with Crippen molar-refractivity contribution in [2.24, 2.45) is 0 Å². The first-order chi connectivity index (χ1) is 8.51. The molecule has 2 nitrogen and oxygen atoms in total. The van der Waals surface area contributed by atoms with E-state index in [2.05, 4.69) is 43.9 Å². The first kappa shape index (κ1) is 12.2. The molecule has 3 rings (SSSR count). The molecule has 1 aromatic rings. The maximum atomic E-state index is 11.0. The van der Waals surface area contributed by atoms with Gasteiger partial charge in [-0.2, -0.15) is 0 Å². The van der Waals surface area contributed by atoms with E-state index in [1.165, 1.54) is 24.0 Å². The minimum atomic E-state index is -0.641. The van der Waals surface area contributed by atoms with E-state index in [4.69, 9.17) is 0 Å². The predicted molar refractivity (Wildman–Crippen MR) is 73.6 cm³/mol. The van der Waals surface area contributed by atoms with Crippen LogP contribution in [0.3, 0.4) is 0 Å². The van der Waals surface area contributed by atoms with Crippen molar-refractivity contribution < 1.29 is 5.11 Å². The van der Waals surface area contributed by atoms with Crippen LogP contribution < -0.4 is 0 Å². The van der Waals surface area contributed by atoms with Gasteiger partial charge in [-0.05, 0) is 56.7 Å². The summed E-state index contributed by atoms with van der Waals surface area (Å²) in [6, 6.07) is 7.53. The van der Waals surface area contributed by atoms with Gasteiger partial charge in [0, 0.05) is 18.6 Å². The molecule has 2 fully saturated rings. The summed E-state index contributed by atoms with van der Waals surface area (Å²) in [7, 11) is 0. The molecule has 1 aliphatic heterocycles. The van der Waals surface area contributed by atoms with E-state index in [0.29, 0.717) is 6.04 Å². The van der Waals surface area contributed by atoms with Gasteiger partial charge in [-0.25, -0.2) is 0 Å². The molecule has 2 atom stereocenters. The predicted octanol–water partition coefficient (Wildman–Crippen LogP) is 2.75. The molecule has 0 spiro atoms. The van der Waals surface area contributed by atoms with Crippen molar-refractivity contribution >= 4 is 0 Å². The van der Waals surface area contributed by atoms with E-state index in [1.54, 1.807) is 0 Å². The molecule has 1 aliphatic carbocycles. The van der Waals surface area contributed by atoms with Crippen LogP contribution in [-0.4, -0.2) is 28.6 Å². The fourth-order valence-electron chi connectivity index (χ4n) is 3.47. The summed E-state index contributed by atoms with van der Waals surface area (Å²) in [6.07, 6.45) is 3.49. The number of rotatable bonds is 2. The highest BCUT2D eigenvalue weighted by Crippen LogP contribution is 2.42. The number of aliphatic hydroxyl groups is 1.